The van der Waals surface area contributed by atoms with Crippen LogP contribution in [0.4, 0.5) is 23.1 Å². The van der Waals surface area contributed by atoms with E-state index in [-0.39, 0.29) is 46.9 Å². The molecule has 0 radical (unpaired) electrons. The topological polar surface area (TPSA) is 204 Å². The van der Waals surface area contributed by atoms with Gasteiger partial charge in [0.25, 0.3) is 17.4 Å². The fourth-order valence-corrected chi connectivity index (χ4v) is 8.75. The summed E-state index contributed by atoms with van der Waals surface area (Å²) in [4.78, 5) is 84.5. The van der Waals surface area contributed by atoms with Crippen molar-refractivity contribution in [3.05, 3.63) is 75.3 Å². The Morgan fingerprint density at radius 2 is 1.75 bits per heavy atom. The molecule has 0 bridgehead atoms. The molecule has 4 aliphatic rings. The molecule has 59 heavy (non-hydrogen) atoms. The first-order valence-corrected chi connectivity index (χ1v) is 20.5. The number of rotatable bonds is 14. The van der Waals surface area contributed by atoms with E-state index in [9.17, 15) is 29.1 Å². The summed E-state index contributed by atoms with van der Waals surface area (Å²) in [6, 6.07) is 8.05. The molecular formula is C42H50N10O7. The number of hydrogen-bond acceptors (Lipinski definition) is 14. The van der Waals surface area contributed by atoms with Gasteiger partial charge in [0.2, 0.25) is 11.9 Å². The van der Waals surface area contributed by atoms with Crippen LogP contribution in [0.2, 0.25) is 0 Å². The molecule has 17 nitrogen and oxygen atoms in total. The normalized spacial score (nSPS) is 20.0. The van der Waals surface area contributed by atoms with Crippen LogP contribution in [0, 0.1) is 6.92 Å². The van der Waals surface area contributed by atoms with Crippen molar-refractivity contribution in [1.29, 1.82) is 0 Å². The Morgan fingerprint density at radius 1 is 0.949 bits per heavy atom. The number of nitrogens with one attached hydrogen (secondary N) is 3. The highest BCUT2D eigenvalue weighted by molar-refractivity contribution is 6.25. The Labute approximate surface area is 341 Å². The van der Waals surface area contributed by atoms with Gasteiger partial charge in [-0.3, -0.25) is 38.3 Å². The Balaban J connectivity index is 0.775. The fourth-order valence-electron chi connectivity index (χ4n) is 8.75. The third-order valence-corrected chi connectivity index (χ3v) is 11.9. The zero-order chi connectivity index (χ0) is 41.2. The van der Waals surface area contributed by atoms with Crippen molar-refractivity contribution in [2.75, 3.05) is 68.0 Å². The number of Topliss-reactive ketones (excluding diaryl/α,β-unsaturated/α-hetero) is 1. The first kappa shape index (κ1) is 40.0. The Bertz CT molecular complexity index is 2320. The Morgan fingerprint density at radius 3 is 2.47 bits per heavy atom. The van der Waals surface area contributed by atoms with Gasteiger partial charge in [-0.2, -0.15) is 4.98 Å². The Kier molecular flexibility index (Phi) is 11.7. The molecule has 3 amide bonds. The number of ketones is 1. The molecule has 2 atom stereocenters. The molecule has 3 aromatic heterocycles. The number of benzene rings is 1. The highest BCUT2D eigenvalue weighted by Crippen LogP contribution is 2.34. The summed E-state index contributed by atoms with van der Waals surface area (Å²) in [5.41, 5.74) is 3.17. The van der Waals surface area contributed by atoms with Gasteiger partial charge in [0.05, 0.1) is 35.2 Å². The predicted octanol–water partition coefficient (Wildman–Crippen LogP) is 3.39. The van der Waals surface area contributed by atoms with Crippen LogP contribution in [0.25, 0.3) is 11.0 Å². The minimum Gasteiger partial charge on any atom is -0.384 e. The number of pyridine rings is 2. The van der Waals surface area contributed by atoms with E-state index >= 15 is 0 Å². The molecule has 6 heterocycles. The zero-order valence-electron chi connectivity index (χ0n) is 33.4. The van der Waals surface area contributed by atoms with E-state index in [0.29, 0.717) is 60.2 Å². The molecule has 8 rings (SSSR count). The van der Waals surface area contributed by atoms with Crippen molar-refractivity contribution in [3.63, 3.8) is 0 Å². The molecule has 310 valence electrons. The Hall–Kier alpha value is -5.78. The molecular weight excluding hydrogens is 757 g/mol. The number of hydrogen-bond donors (Lipinski definition) is 4. The van der Waals surface area contributed by atoms with Gasteiger partial charge >= 0.3 is 0 Å². The van der Waals surface area contributed by atoms with Crippen molar-refractivity contribution in [2.24, 2.45) is 0 Å². The lowest BCUT2D eigenvalue weighted by molar-refractivity contribution is -0.131. The van der Waals surface area contributed by atoms with E-state index in [2.05, 4.69) is 35.7 Å². The summed E-state index contributed by atoms with van der Waals surface area (Å²) >= 11 is 0. The van der Waals surface area contributed by atoms with Crippen LogP contribution in [-0.2, 0) is 9.53 Å². The summed E-state index contributed by atoms with van der Waals surface area (Å²) in [5.74, 6) is -0.867. The van der Waals surface area contributed by atoms with Gasteiger partial charge in [0.15, 0.2) is 5.78 Å². The van der Waals surface area contributed by atoms with Crippen molar-refractivity contribution in [2.45, 2.75) is 77.1 Å². The van der Waals surface area contributed by atoms with Crippen LogP contribution in [0.15, 0.2) is 47.5 Å². The van der Waals surface area contributed by atoms with Crippen LogP contribution in [0.5, 0.6) is 0 Å². The van der Waals surface area contributed by atoms with E-state index in [1.807, 2.05) is 18.3 Å². The van der Waals surface area contributed by atoms with Gasteiger partial charge in [0.1, 0.15) is 23.7 Å². The number of piperazine rings is 1. The van der Waals surface area contributed by atoms with Crippen LogP contribution in [0.3, 0.4) is 0 Å². The number of aryl methyl sites for hydroxylation is 1. The van der Waals surface area contributed by atoms with E-state index in [4.69, 9.17) is 9.72 Å². The maximum absolute atomic E-state index is 13.6. The SMILES string of the molecule is CC(=O)c1c(C)c2cnc(Nc3ccc(N4CCN(CCOCCCNc5cccc6c5C(=O)N(C5CCC(O)NC5=O)C6=O)CC4)cn3)nc2n(C2CCCC2)c1=O. The van der Waals surface area contributed by atoms with Gasteiger partial charge in [-0.05, 0) is 75.8 Å². The van der Waals surface area contributed by atoms with Crippen molar-refractivity contribution >= 4 is 57.7 Å². The van der Waals surface area contributed by atoms with Gasteiger partial charge in [0, 0.05) is 69.2 Å². The molecule has 2 unspecified atom stereocenters. The average Bonchev–Trinajstić information content (AvgIpc) is 3.84. The third-order valence-electron chi connectivity index (χ3n) is 11.9. The molecule has 4 N–H and O–H groups in total. The second kappa shape index (κ2) is 17.2. The first-order chi connectivity index (χ1) is 28.6. The second-order valence-corrected chi connectivity index (χ2v) is 15.7. The van der Waals surface area contributed by atoms with Gasteiger partial charge in [-0.15, -0.1) is 0 Å². The van der Waals surface area contributed by atoms with Crippen LogP contribution in [-0.4, -0.2) is 123 Å². The standard InChI is InChI=1S/C42H50N10O7/c1-25-30-24-45-42(48-37(30)51(27-7-3-4-8-27)40(57)35(25)26(2)53)46-33-13-11-28(23-44-33)50-18-16-49(17-19-50)20-22-59-21-6-15-43-31-10-5-9-29-36(31)41(58)52(39(29)56)32-12-14-34(54)47-38(32)55/h5,9-11,13,23-24,27,32,34,43,54H,3-4,6-8,12,14-22H2,1-2H3,(H,47,55)(H,44,45,46,48). The highest BCUT2D eigenvalue weighted by atomic mass is 16.5. The maximum Gasteiger partial charge on any atom is 0.264 e. The molecule has 2 saturated heterocycles. The number of ether oxygens (including phenoxy) is 1. The summed E-state index contributed by atoms with van der Waals surface area (Å²) in [5, 5.41) is 19.3. The fraction of sp³-hybridized carbons (Fsp3) is 0.476. The highest BCUT2D eigenvalue weighted by Gasteiger charge is 2.45. The number of aromatic nitrogens is 4. The number of anilines is 4. The largest absolute Gasteiger partial charge is 0.384 e. The van der Waals surface area contributed by atoms with E-state index < -0.39 is 30.0 Å². The summed E-state index contributed by atoms with van der Waals surface area (Å²) in [6.07, 6.45) is 7.54. The third kappa shape index (κ3) is 8.14. The van der Waals surface area contributed by atoms with Gasteiger partial charge in [-0.25, -0.2) is 9.97 Å². The zero-order valence-corrected chi connectivity index (χ0v) is 33.4. The van der Waals surface area contributed by atoms with E-state index in [1.165, 1.54) is 6.92 Å². The molecule has 4 aromatic rings. The van der Waals surface area contributed by atoms with Crippen LogP contribution >= 0.6 is 0 Å². The predicted molar refractivity (Wildman–Crippen MR) is 220 cm³/mol. The summed E-state index contributed by atoms with van der Waals surface area (Å²) in [6.45, 7) is 9.14. The lowest BCUT2D eigenvalue weighted by atomic mass is 10.0. The van der Waals surface area contributed by atoms with Crippen molar-refractivity contribution in [1.82, 2.24) is 34.6 Å². The molecule has 3 fully saturated rings. The monoisotopic (exact) mass is 806 g/mol. The van der Waals surface area contributed by atoms with E-state index in [0.717, 1.165) is 69.0 Å². The number of nitrogens with zero attached hydrogens (tertiary/aromatic N) is 7. The molecule has 1 saturated carbocycles. The van der Waals surface area contributed by atoms with Crippen molar-refractivity contribution in [3.8, 4) is 0 Å². The number of aliphatic hydroxyl groups is 1. The average molecular weight is 807 g/mol. The number of imide groups is 1. The number of fused-ring (bicyclic) bond motifs is 2. The molecule has 1 aliphatic carbocycles. The molecule has 17 heteroatoms. The number of piperidine rings is 1. The minimum atomic E-state index is -0.973. The van der Waals surface area contributed by atoms with Crippen LogP contribution in [0.1, 0.15) is 94.5 Å². The summed E-state index contributed by atoms with van der Waals surface area (Å²) in [7, 11) is 0. The van der Waals surface area contributed by atoms with Crippen molar-refractivity contribution < 1.29 is 29.0 Å². The minimum absolute atomic E-state index is 0.00342. The van der Waals surface area contributed by atoms with Crippen LogP contribution < -0.4 is 26.4 Å². The second-order valence-electron chi connectivity index (χ2n) is 15.7. The van der Waals surface area contributed by atoms with E-state index in [1.54, 1.807) is 35.9 Å². The number of aliphatic hydroxyl groups excluding tert-OH is 1. The molecule has 3 aliphatic heterocycles. The number of amides is 3. The first-order valence-electron chi connectivity index (χ1n) is 20.5. The van der Waals surface area contributed by atoms with Gasteiger partial charge in [-0.1, -0.05) is 18.9 Å². The quantitative estimate of drug-likeness (QED) is 0.0820. The molecule has 1 aromatic carbocycles. The maximum atomic E-state index is 13.6. The summed E-state index contributed by atoms with van der Waals surface area (Å²) < 4.78 is 7.64. The number of carbonyl (C=O) groups is 4. The lowest BCUT2D eigenvalue weighted by Gasteiger charge is -2.35. The lowest BCUT2D eigenvalue weighted by Crippen LogP contribution is -2.55. The smallest absolute Gasteiger partial charge is 0.264 e. The molecule has 0 spiro atoms. The van der Waals surface area contributed by atoms with Gasteiger partial charge < -0.3 is 30.7 Å². The number of carbonyl (C=O) groups excluding carboxylic acids is 4.